The van der Waals surface area contributed by atoms with E-state index in [0.29, 0.717) is 16.7 Å². The predicted octanol–water partition coefficient (Wildman–Crippen LogP) is 7.24. The van der Waals surface area contributed by atoms with E-state index in [4.69, 9.17) is 4.74 Å². The lowest BCUT2D eigenvalue weighted by Gasteiger charge is -2.58. The molecular formula is C25H42O2. The molecule has 0 aromatic rings. The van der Waals surface area contributed by atoms with Gasteiger partial charge in [0.2, 0.25) is 0 Å². The van der Waals surface area contributed by atoms with Gasteiger partial charge >= 0.3 is 5.97 Å². The number of hydrogen-bond acceptors (Lipinski definition) is 2. The van der Waals surface area contributed by atoms with E-state index >= 15 is 0 Å². The van der Waals surface area contributed by atoms with Gasteiger partial charge in [-0.05, 0) is 87.9 Å². The molecular weight excluding hydrogens is 332 g/mol. The number of carbonyl (C=O) groups is 1. The van der Waals surface area contributed by atoms with Crippen molar-refractivity contribution in [2.75, 3.05) is 0 Å². The lowest BCUT2D eigenvalue weighted by molar-refractivity contribution is -0.145. The number of rotatable bonds is 7. The Morgan fingerprint density at radius 2 is 2.00 bits per heavy atom. The molecule has 0 amide bonds. The number of hydrogen-bond donors (Lipinski definition) is 0. The van der Waals surface area contributed by atoms with Crippen molar-refractivity contribution in [2.24, 2.45) is 22.7 Å². The Labute approximate surface area is 167 Å². The summed E-state index contributed by atoms with van der Waals surface area (Å²) in [6.07, 6.45) is 13.3. The molecule has 0 saturated heterocycles. The fourth-order valence-electron chi connectivity index (χ4n) is 6.19. The van der Waals surface area contributed by atoms with E-state index in [1.165, 1.54) is 56.6 Å². The van der Waals surface area contributed by atoms with Crippen LogP contribution in [0.4, 0.5) is 0 Å². The molecule has 0 spiro atoms. The first-order valence-electron chi connectivity index (χ1n) is 11.1. The van der Waals surface area contributed by atoms with E-state index < -0.39 is 0 Å². The van der Waals surface area contributed by atoms with Gasteiger partial charge in [-0.1, -0.05) is 51.0 Å². The second-order valence-electron chi connectivity index (χ2n) is 10.2. The average Bonchev–Trinajstić information content (AvgIpc) is 2.52. The highest BCUT2D eigenvalue weighted by molar-refractivity contribution is 5.66. The molecule has 0 heterocycles. The molecule has 4 atom stereocenters. The second-order valence-corrected chi connectivity index (χ2v) is 10.2. The molecule has 2 aliphatic rings. The Bertz CT molecular complexity index is 571. The van der Waals surface area contributed by atoms with Crippen molar-refractivity contribution in [3.63, 3.8) is 0 Å². The first-order valence-corrected chi connectivity index (χ1v) is 11.1. The van der Waals surface area contributed by atoms with E-state index in [9.17, 15) is 4.79 Å². The minimum atomic E-state index is -0.183. The summed E-state index contributed by atoms with van der Waals surface area (Å²) in [6, 6.07) is 0. The van der Waals surface area contributed by atoms with Gasteiger partial charge in [0.1, 0.15) is 0 Å². The standard InChI is InChI=1S/C25H42O2/c1-18(10-8-11-20(3)27-21(4)26)12-14-22-19(2)13-15-23-24(5,6)16-9-17-25(22,23)7/h10,20,22-23H,2,8-9,11-17H2,1,3-7H3. The summed E-state index contributed by atoms with van der Waals surface area (Å²) in [4.78, 5) is 11.0. The highest BCUT2D eigenvalue weighted by Gasteiger charge is 2.52. The largest absolute Gasteiger partial charge is 0.463 e. The molecule has 2 aliphatic carbocycles. The van der Waals surface area contributed by atoms with Gasteiger partial charge in [-0.3, -0.25) is 4.79 Å². The lowest BCUT2D eigenvalue weighted by Crippen LogP contribution is -2.49. The molecule has 2 rings (SSSR count). The Hall–Kier alpha value is -1.05. The smallest absolute Gasteiger partial charge is 0.302 e. The fraction of sp³-hybridized carbons (Fsp3) is 0.800. The molecule has 27 heavy (non-hydrogen) atoms. The van der Waals surface area contributed by atoms with Crippen molar-refractivity contribution in [1.29, 1.82) is 0 Å². The topological polar surface area (TPSA) is 26.3 Å². The summed E-state index contributed by atoms with van der Waals surface area (Å²) in [5.41, 5.74) is 3.88. The zero-order valence-corrected chi connectivity index (χ0v) is 18.7. The minimum absolute atomic E-state index is 0.00816. The van der Waals surface area contributed by atoms with E-state index in [1.807, 2.05) is 6.92 Å². The van der Waals surface area contributed by atoms with Crippen LogP contribution in [0.25, 0.3) is 0 Å². The molecule has 4 unspecified atom stereocenters. The van der Waals surface area contributed by atoms with Crippen molar-refractivity contribution in [3.05, 3.63) is 23.8 Å². The van der Waals surface area contributed by atoms with Crippen LogP contribution in [0.1, 0.15) is 99.3 Å². The van der Waals surface area contributed by atoms with Crippen LogP contribution in [0, 0.1) is 22.7 Å². The van der Waals surface area contributed by atoms with Crippen molar-refractivity contribution in [1.82, 2.24) is 0 Å². The summed E-state index contributed by atoms with van der Waals surface area (Å²) in [5.74, 6) is 1.32. The summed E-state index contributed by atoms with van der Waals surface area (Å²) in [7, 11) is 0. The zero-order valence-electron chi connectivity index (χ0n) is 18.7. The fourth-order valence-corrected chi connectivity index (χ4v) is 6.19. The molecule has 0 aromatic heterocycles. The third-order valence-electron chi connectivity index (χ3n) is 7.58. The lowest BCUT2D eigenvalue weighted by atomic mass is 9.47. The van der Waals surface area contributed by atoms with Crippen LogP contribution in [-0.2, 0) is 9.53 Å². The first-order chi connectivity index (χ1) is 12.6. The minimum Gasteiger partial charge on any atom is -0.463 e. The SMILES string of the molecule is C=C1CCC2C(C)(C)CCCC2(C)C1CCC(C)=CCCC(C)OC(C)=O. The summed E-state index contributed by atoms with van der Waals surface area (Å²) in [5, 5.41) is 0. The number of ether oxygens (including phenoxy) is 1. The van der Waals surface area contributed by atoms with Crippen molar-refractivity contribution < 1.29 is 9.53 Å². The molecule has 2 saturated carbocycles. The molecule has 0 aromatic carbocycles. The maximum absolute atomic E-state index is 11.0. The number of esters is 1. The predicted molar refractivity (Wildman–Crippen MR) is 115 cm³/mol. The number of fused-ring (bicyclic) bond motifs is 1. The summed E-state index contributed by atoms with van der Waals surface area (Å²) < 4.78 is 5.21. The highest BCUT2D eigenvalue weighted by atomic mass is 16.5. The monoisotopic (exact) mass is 374 g/mol. The van der Waals surface area contributed by atoms with Gasteiger partial charge in [0.15, 0.2) is 0 Å². The van der Waals surface area contributed by atoms with E-state index in [-0.39, 0.29) is 12.1 Å². The van der Waals surface area contributed by atoms with E-state index in [2.05, 4.69) is 40.3 Å². The van der Waals surface area contributed by atoms with Gasteiger partial charge in [-0.2, -0.15) is 0 Å². The van der Waals surface area contributed by atoms with Crippen LogP contribution in [0.2, 0.25) is 0 Å². The Morgan fingerprint density at radius 3 is 2.67 bits per heavy atom. The van der Waals surface area contributed by atoms with Crippen LogP contribution in [0.5, 0.6) is 0 Å². The Kier molecular flexibility index (Phi) is 7.39. The first kappa shape index (κ1) is 22.2. The van der Waals surface area contributed by atoms with Gasteiger partial charge in [0, 0.05) is 6.92 Å². The molecule has 2 nitrogen and oxygen atoms in total. The maximum atomic E-state index is 11.0. The van der Waals surface area contributed by atoms with Crippen LogP contribution >= 0.6 is 0 Å². The molecule has 0 bridgehead atoms. The third kappa shape index (κ3) is 5.48. The highest BCUT2D eigenvalue weighted by Crippen LogP contribution is 2.61. The normalized spacial score (nSPS) is 31.9. The Balaban J connectivity index is 1.93. The molecule has 154 valence electrons. The second kappa shape index (κ2) is 8.97. The van der Waals surface area contributed by atoms with Crippen LogP contribution in [0.3, 0.4) is 0 Å². The van der Waals surface area contributed by atoms with E-state index in [1.54, 1.807) is 0 Å². The molecule has 0 aliphatic heterocycles. The van der Waals surface area contributed by atoms with Gasteiger partial charge in [0.05, 0.1) is 6.10 Å². The van der Waals surface area contributed by atoms with Gasteiger partial charge in [-0.25, -0.2) is 0 Å². The molecule has 2 fully saturated rings. The van der Waals surface area contributed by atoms with Crippen molar-refractivity contribution in [3.8, 4) is 0 Å². The summed E-state index contributed by atoms with van der Waals surface area (Å²) in [6.45, 7) is 17.8. The molecule has 0 radical (unpaired) electrons. The van der Waals surface area contributed by atoms with E-state index in [0.717, 1.165) is 25.2 Å². The summed E-state index contributed by atoms with van der Waals surface area (Å²) >= 11 is 0. The van der Waals surface area contributed by atoms with Gasteiger partial charge in [-0.15, -0.1) is 0 Å². The maximum Gasteiger partial charge on any atom is 0.302 e. The van der Waals surface area contributed by atoms with Crippen LogP contribution < -0.4 is 0 Å². The van der Waals surface area contributed by atoms with Gasteiger partial charge in [0.25, 0.3) is 0 Å². The quantitative estimate of drug-likeness (QED) is 0.346. The third-order valence-corrected chi connectivity index (χ3v) is 7.58. The number of carbonyl (C=O) groups excluding carboxylic acids is 1. The number of allylic oxidation sites excluding steroid dienone is 3. The average molecular weight is 375 g/mol. The van der Waals surface area contributed by atoms with Crippen molar-refractivity contribution >= 4 is 5.97 Å². The molecule has 0 N–H and O–H groups in total. The van der Waals surface area contributed by atoms with Crippen LogP contribution in [-0.4, -0.2) is 12.1 Å². The Morgan fingerprint density at radius 1 is 1.30 bits per heavy atom. The van der Waals surface area contributed by atoms with Crippen molar-refractivity contribution in [2.45, 2.75) is 105 Å². The zero-order chi connectivity index (χ0) is 20.2. The van der Waals surface area contributed by atoms with Crippen LogP contribution in [0.15, 0.2) is 23.8 Å². The molecule has 2 heteroatoms. The van der Waals surface area contributed by atoms with Gasteiger partial charge < -0.3 is 4.74 Å².